The van der Waals surface area contributed by atoms with Crippen LogP contribution in [0.1, 0.15) is 25.6 Å². The zero-order chi connectivity index (χ0) is 22.0. The second-order valence-corrected chi connectivity index (χ2v) is 7.27. The van der Waals surface area contributed by atoms with E-state index in [2.05, 4.69) is 28.6 Å². The van der Waals surface area contributed by atoms with Gasteiger partial charge in [0.15, 0.2) is 0 Å². The van der Waals surface area contributed by atoms with Crippen LogP contribution < -0.4 is 14.8 Å². The molecule has 0 spiro atoms. The summed E-state index contributed by atoms with van der Waals surface area (Å²) in [6.45, 7) is 3.41. The van der Waals surface area contributed by atoms with Crippen LogP contribution in [-0.2, 0) is 9.53 Å². The number of methoxy groups -OCH3 is 2. The number of carbonyl (C=O) groups excluding carboxylic acids is 1. The molecule has 1 aliphatic rings. The van der Waals surface area contributed by atoms with E-state index >= 15 is 0 Å². The first kappa shape index (κ1) is 20.5. The van der Waals surface area contributed by atoms with Crippen LogP contribution >= 0.6 is 0 Å². The summed E-state index contributed by atoms with van der Waals surface area (Å²) in [4.78, 5) is 12.3. The van der Waals surface area contributed by atoms with Gasteiger partial charge in [0.25, 0.3) is 0 Å². The molecule has 1 heterocycles. The zero-order valence-electron chi connectivity index (χ0n) is 18.0. The van der Waals surface area contributed by atoms with Gasteiger partial charge in [-0.3, -0.25) is 4.79 Å². The Bertz CT molecular complexity index is 1140. The number of nitrogens with one attached hydrogen (secondary N) is 1. The van der Waals surface area contributed by atoms with Crippen LogP contribution in [0.4, 0.5) is 5.69 Å². The van der Waals surface area contributed by atoms with Gasteiger partial charge in [-0.05, 0) is 30.5 Å². The predicted octanol–water partition coefficient (Wildman–Crippen LogP) is 4.55. The predicted molar refractivity (Wildman–Crippen MR) is 120 cm³/mol. The third-order valence-corrected chi connectivity index (χ3v) is 5.22. The van der Waals surface area contributed by atoms with Gasteiger partial charge in [-0.2, -0.15) is 5.01 Å². The summed E-state index contributed by atoms with van der Waals surface area (Å²) in [6, 6.07) is 19.3. The van der Waals surface area contributed by atoms with Gasteiger partial charge in [-0.1, -0.05) is 36.4 Å². The number of fused-ring (bicyclic) bond motifs is 1. The second-order valence-electron chi connectivity index (χ2n) is 7.27. The molecule has 0 saturated heterocycles. The fourth-order valence-corrected chi connectivity index (χ4v) is 3.63. The fourth-order valence-electron chi connectivity index (χ4n) is 3.63. The van der Waals surface area contributed by atoms with Crippen molar-refractivity contribution in [3.63, 3.8) is 0 Å². The first-order chi connectivity index (χ1) is 15.0. The van der Waals surface area contributed by atoms with E-state index in [4.69, 9.17) is 14.2 Å². The lowest BCUT2D eigenvalue weighted by atomic mass is 10.1. The molecule has 0 radical (unpaired) electrons. The first-order valence-corrected chi connectivity index (χ1v) is 10.0. The molecular formula is C24H25N3O4. The van der Waals surface area contributed by atoms with E-state index in [0.29, 0.717) is 23.0 Å². The highest BCUT2D eigenvalue weighted by Crippen LogP contribution is 2.37. The van der Waals surface area contributed by atoms with Crippen LogP contribution in [0.2, 0.25) is 0 Å². The van der Waals surface area contributed by atoms with Crippen molar-refractivity contribution in [3.05, 3.63) is 66.2 Å². The molecule has 1 N–H and O–H groups in total. The van der Waals surface area contributed by atoms with Gasteiger partial charge in [-0.15, -0.1) is 5.10 Å². The van der Waals surface area contributed by atoms with E-state index in [9.17, 15) is 4.79 Å². The van der Waals surface area contributed by atoms with Crippen molar-refractivity contribution in [2.45, 2.75) is 26.1 Å². The largest absolute Gasteiger partial charge is 0.497 e. The van der Waals surface area contributed by atoms with E-state index in [1.54, 1.807) is 26.4 Å². The summed E-state index contributed by atoms with van der Waals surface area (Å²) in [6.07, 6.45) is -0.717. The number of anilines is 1. The van der Waals surface area contributed by atoms with Crippen molar-refractivity contribution in [3.8, 4) is 11.5 Å². The monoisotopic (exact) mass is 419 g/mol. The Labute approximate surface area is 181 Å². The molecule has 7 heteroatoms. The molecule has 0 bridgehead atoms. The van der Waals surface area contributed by atoms with Gasteiger partial charge >= 0.3 is 0 Å². The third-order valence-electron chi connectivity index (χ3n) is 5.22. The minimum atomic E-state index is -0.717. The van der Waals surface area contributed by atoms with E-state index in [0.717, 1.165) is 16.5 Å². The van der Waals surface area contributed by atoms with Gasteiger partial charge in [-0.25, -0.2) is 0 Å². The summed E-state index contributed by atoms with van der Waals surface area (Å²) < 4.78 is 16.9. The Morgan fingerprint density at radius 1 is 1.10 bits per heavy atom. The zero-order valence-corrected chi connectivity index (χ0v) is 18.0. The molecule has 1 amide bonds. The molecule has 31 heavy (non-hydrogen) atoms. The molecule has 3 aromatic rings. The molecule has 0 saturated carbocycles. The molecule has 0 aromatic heterocycles. The highest BCUT2D eigenvalue weighted by molar-refractivity contribution is 5.96. The number of amides is 1. The van der Waals surface area contributed by atoms with Gasteiger partial charge in [0.1, 0.15) is 17.5 Å². The van der Waals surface area contributed by atoms with Crippen molar-refractivity contribution < 1.29 is 19.0 Å². The van der Waals surface area contributed by atoms with Crippen molar-refractivity contribution in [1.29, 1.82) is 0 Å². The number of carbonyl (C=O) groups is 1. The number of nitrogens with zero attached hydrogens (tertiary/aromatic N) is 2. The number of hydrogen-bond acceptors (Lipinski definition) is 6. The van der Waals surface area contributed by atoms with Gasteiger partial charge in [0, 0.05) is 24.1 Å². The third kappa shape index (κ3) is 3.99. The molecule has 3 aromatic carbocycles. The molecule has 0 unspecified atom stereocenters. The maximum Gasteiger partial charge on any atom is 0.243 e. The fraction of sp³-hybridized carbons (Fsp3) is 0.250. The van der Waals surface area contributed by atoms with Crippen LogP contribution in [0, 0.1) is 0 Å². The topological polar surface area (TPSA) is 72.4 Å². The number of rotatable bonds is 6. The minimum absolute atomic E-state index is 0.227. The highest BCUT2D eigenvalue weighted by atomic mass is 16.5. The average molecular weight is 419 g/mol. The molecule has 2 atom stereocenters. The quantitative estimate of drug-likeness (QED) is 0.635. The Kier molecular flexibility index (Phi) is 5.66. The van der Waals surface area contributed by atoms with E-state index in [-0.39, 0.29) is 11.9 Å². The summed E-state index contributed by atoms with van der Waals surface area (Å²) in [7, 11) is 3.15. The van der Waals surface area contributed by atoms with Crippen LogP contribution in [0.5, 0.6) is 11.5 Å². The van der Waals surface area contributed by atoms with Crippen LogP contribution in [-0.4, -0.2) is 37.1 Å². The normalized spacial score (nSPS) is 16.5. The molecule has 4 rings (SSSR count). The van der Waals surface area contributed by atoms with Crippen LogP contribution in [0.15, 0.2) is 65.8 Å². The number of ether oxygens (including phenoxy) is 3. The Balaban J connectivity index is 1.61. The lowest BCUT2D eigenvalue weighted by Gasteiger charge is -2.22. The first-order valence-electron chi connectivity index (χ1n) is 10.0. The Morgan fingerprint density at radius 3 is 2.61 bits per heavy atom. The standard InChI is InChI=1S/C24H25N3O4/c1-15(25-21-11-7-9-17-8-5-6-10-19(17)21)23-26-27(16(2)28)24(31-23)20-13-12-18(29-3)14-22(20)30-4/h5-15,24-25H,1-4H3/t15-,24+/m1/s1. The molecule has 160 valence electrons. The molecule has 0 fully saturated rings. The Hall–Kier alpha value is -3.74. The average Bonchev–Trinajstić information content (AvgIpc) is 3.24. The lowest BCUT2D eigenvalue weighted by molar-refractivity contribution is -0.135. The van der Waals surface area contributed by atoms with E-state index in [1.807, 2.05) is 37.3 Å². The highest BCUT2D eigenvalue weighted by Gasteiger charge is 2.36. The van der Waals surface area contributed by atoms with Gasteiger partial charge < -0.3 is 19.5 Å². The smallest absolute Gasteiger partial charge is 0.243 e. The van der Waals surface area contributed by atoms with E-state index < -0.39 is 6.23 Å². The summed E-state index contributed by atoms with van der Waals surface area (Å²) in [5.41, 5.74) is 1.66. The number of hydrazone groups is 1. The molecule has 0 aliphatic carbocycles. The van der Waals surface area contributed by atoms with Crippen molar-refractivity contribution in [1.82, 2.24) is 5.01 Å². The summed E-state index contributed by atoms with van der Waals surface area (Å²) in [5.74, 6) is 1.41. The SMILES string of the molecule is COc1ccc([C@@H]2OC([C@@H](C)Nc3cccc4ccccc34)=NN2C(C)=O)c(OC)c1. The minimum Gasteiger partial charge on any atom is -0.497 e. The summed E-state index contributed by atoms with van der Waals surface area (Å²) >= 11 is 0. The maximum absolute atomic E-state index is 12.3. The molecule has 1 aliphatic heterocycles. The van der Waals surface area contributed by atoms with Crippen molar-refractivity contribution >= 4 is 28.3 Å². The molecular weight excluding hydrogens is 394 g/mol. The Morgan fingerprint density at radius 2 is 1.87 bits per heavy atom. The molecule has 7 nitrogen and oxygen atoms in total. The van der Waals surface area contributed by atoms with Crippen LogP contribution in [0.3, 0.4) is 0 Å². The number of benzene rings is 3. The second kappa shape index (κ2) is 8.55. The lowest BCUT2D eigenvalue weighted by Crippen LogP contribution is -2.27. The van der Waals surface area contributed by atoms with E-state index in [1.165, 1.54) is 11.9 Å². The van der Waals surface area contributed by atoms with Crippen LogP contribution in [0.25, 0.3) is 10.8 Å². The number of hydrogen-bond donors (Lipinski definition) is 1. The maximum atomic E-state index is 12.3. The van der Waals surface area contributed by atoms with Crippen molar-refractivity contribution in [2.24, 2.45) is 5.10 Å². The van der Waals surface area contributed by atoms with Gasteiger partial charge in [0.2, 0.25) is 18.0 Å². The van der Waals surface area contributed by atoms with Crippen molar-refractivity contribution in [2.75, 3.05) is 19.5 Å². The van der Waals surface area contributed by atoms with Gasteiger partial charge in [0.05, 0.1) is 19.8 Å². The summed E-state index contributed by atoms with van der Waals surface area (Å²) in [5, 5.41) is 11.5.